The minimum absolute atomic E-state index is 0.0122. The van der Waals surface area contributed by atoms with Crippen LogP contribution in [0, 0.1) is 6.92 Å². The average molecular weight is 278 g/mol. The molecule has 4 nitrogen and oxygen atoms in total. The average Bonchev–Trinajstić information content (AvgIpc) is 2.66. The van der Waals surface area contributed by atoms with Crippen LogP contribution in [0.2, 0.25) is 5.02 Å². The lowest BCUT2D eigenvalue weighted by molar-refractivity contribution is 0.0990. The molecule has 0 aliphatic heterocycles. The van der Waals surface area contributed by atoms with Crippen molar-refractivity contribution in [2.75, 3.05) is 0 Å². The van der Waals surface area contributed by atoms with Crippen molar-refractivity contribution in [1.82, 2.24) is 14.8 Å². The number of carbonyl (C=O) groups is 1. The van der Waals surface area contributed by atoms with E-state index in [2.05, 4.69) is 10.1 Å². The molecule has 2 aromatic rings. The second-order valence-electron chi connectivity index (χ2n) is 4.48. The molecule has 0 spiro atoms. The highest BCUT2D eigenvalue weighted by molar-refractivity contribution is 6.32. The highest BCUT2D eigenvalue weighted by Crippen LogP contribution is 2.22. The summed E-state index contributed by atoms with van der Waals surface area (Å²) < 4.78 is 1.69. The fourth-order valence-corrected chi connectivity index (χ4v) is 2.38. The van der Waals surface area contributed by atoms with E-state index in [1.807, 2.05) is 27.0 Å². The molecule has 100 valence electrons. The van der Waals surface area contributed by atoms with Gasteiger partial charge in [-0.25, -0.2) is 0 Å². The van der Waals surface area contributed by atoms with E-state index in [1.54, 1.807) is 17.1 Å². The number of halogens is 1. The molecule has 0 bridgehead atoms. The van der Waals surface area contributed by atoms with Crippen LogP contribution in [0.15, 0.2) is 18.5 Å². The monoisotopic (exact) mass is 277 g/mol. The fraction of sp³-hybridized carbons (Fsp3) is 0.357. The summed E-state index contributed by atoms with van der Waals surface area (Å²) in [6.07, 6.45) is 4.28. The molecule has 0 fully saturated rings. The van der Waals surface area contributed by atoms with Gasteiger partial charge in [0.05, 0.1) is 22.8 Å². The maximum absolute atomic E-state index is 12.3. The lowest BCUT2D eigenvalue weighted by Gasteiger charge is -2.05. The molecule has 2 heterocycles. The number of rotatable bonds is 4. The zero-order valence-corrected chi connectivity index (χ0v) is 12.0. The van der Waals surface area contributed by atoms with Gasteiger partial charge in [0.1, 0.15) is 0 Å². The molecule has 0 aliphatic rings. The zero-order valence-electron chi connectivity index (χ0n) is 11.3. The third kappa shape index (κ3) is 2.68. The Kier molecular flexibility index (Phi) is 4.00. The van der Waals surface area contributed by atoms with E-state index in [4.69, 9.17) is 11.6 Å². The van der Waals surface area contributed by atoms with Crippen molar-refractivity contribution in [2.45, 2.75) is 26.7 Å². The molecule has 19 heavy (non-hydrogen) atoms. The van der Waals surface area contributed by atoms with Crippen LogP contribution in [0.1, 0.15) is 34.2 Å². The summed E-state index contributed by atoms with van der Waals surface area (Å²) >= 11 is 6.25. The third-order valence-electron chi connectivity index (χ3n) is 3.17. The van der Waals surface area contributed by atoms with Crippen LogP contribution in [-0.2, 0) is 19.9 Å². The number of aromatic nitrogens is 3. The van der Waals surface area contributed by atoms with Gasteiger partial charge in [0, 0.05) is 25.0 Å². The molecule has 0 aromatic carbocycles. The Hall–Kier alpha value is -1.68. The highest BCUT2D eigenvalue weighted by atomic mass is 35.5. The maximum atomic E-state index is 12.3. The summed E-state index contributed by atoms with van der Waals surface area (Å²) in [5.41, 5.74) is 3.15. The van der Waals surface area contributed by atoms with Crippen molar-refractivity contribution in [3.63, 3.8) is 0 Å². The van der Waals surface area contributed by atoms with Crippen LogP contribution in [0.5, 0.6) is 0 Å². The fourth-order valence-electron chi connectivity index (χ4n) is 2.02. The molecule has 5 heteroatoms. The maximum Gasteiger partial charge on any atom is 0.170 e. The van der Waals surface area contributed by atoms with E-state index in [-0.39, 0.29) is 12.2 Å². The molecular formula is C14H16ClN3O. The lowest BCUT2D eigenvalue weighted by atomic mass is 10.0. The van der Waals surface area contributed by atoms with Crippen LogP contribution in [0.3, 0.4) is 0 Å². The van der Waals surface area contributed by atoms with Gasteiger partial charge in [-0.05, 0) is 25.0 Å². The Morgan fingerprint density at radius 3 is 2.79 bits per heavy atom. The van der Waals surface area contributed by atoms with E-state index < -0.39 is 0 Å². The van der Waals surface area contributed by atoms with Crippen LogP contribution in [0.25, 0.3) is 0 Å². The van der Waals surface area contributed by atoms with Gasteiger partial charge in [0.15, 0.2) is 5.78 Å². The second-order valence-corrected chi connectivity index (χ2v) is 4.85. The van der Waals surface area contributed by atoms with E-state index in [1.165, 1.54) is 0 Å². The molecule has 2 aromatic heterocycles. The third-order valence-corrected chi connectivity index (χ3v) is 3.61. The first-order valence-corrected chi connectivity index (χ1v) is 6.56. The minimum Gasteiger partial charge on any atom is -0.294 e. The van der Waals surface area contributed by atoms with Crippen LogP contribution in [-0.4, -0.2) is 20.5 Å². The lowest BCUT2D eigenvalue weighted by Crippen LogP contribution is -2.10. The van der Waals surface area contributed by atoms with Crippen LogP contribution >= 0.6 is 11.6 Å². The summed E-state index contributed by atoms with van der Waals surface area (Å²) in [5, 5.41) is 4.91. The van der Waals surface area contributed by atoms with Crippen molar-refractivity contribution in [3.8, 4) is 0 Å². The van der Waals surface area contributed by atoms with Gasteiger partial charge in [-0.3, -0.25) is 14.5 Å². The van der Waals surface area contributed by atoms with Crippen LogP contribution in [0.4, 0.5) is 0 Å². The molecule has 0 N–H and O–H groups in total. The number of aryl methyl sites for hydroxylation is 3. The van der Waals surface area contributed by atoms with Crippen molar-refractivity contribution in [1.29, 1.82) is 0 Å². The molecule has 0 aliphatic carbocycles. The summed E-state index contributed by atoms with van der Waals surface area (Å²) in [5.74, 6) is 0.0122. The predicted octanol–water partition coefficient (Wildman–Crippen LogP) is 2.76. The molecule has 2 rings (SSSR count). The molecule has 0 amide bonds. The summed E-state index contributed by atoms with van der Waals surface area (Å²) in [4.78, 5) is 16.3. The quantitative estimate of drug-likeness (QED) is 0.808. The standard InChI is InChI=1S/C14H16ClN3O/c1-4-11-14(15)12(18(3)17-11)7-13(19)10-8-16-6-5-9(10)2/h5-6,8H,4,7H2,1-3H3. The molecule has 0 saturated carbocycles. The van der Waals surface area contributed by atoms with Crippen molar-refractivity contribution >= 4 is 17.4 Å². The zero-order chi connectivity index (χ0) is 14.0. The number of hydrogen-bond acceptors (Lipinski definition) is 3. The molecule has 0 unspecified atom stereocenters. The van der Waals surface area contributed by atoms with Gasteiger partial charge < -0.3 is 0 Å². The minimum atomic E-state index is 0.0122. The smallest absolute Gasteiger partial charge is 0.170 e. The number of pyridine rings is 1. The first kappa shape index (κ1) is 13.7. The number of carbonyl (C=O) groups excluding carboxylic acids is 1. The Morgan fingerprint density at radius 2 is 2.21 bits per heavy atom. The first-order chi connectivity index (χ1) is 9.04. The molecular weight excluding hydrogens is 262 g/mol. The molecule has 0 atom stereocenters. The number of Topliss-reactive ketones (excluding diaryl/α,β-unsaturated/α-hetero) is 1. The number of nitrogens with zero attached hydrogens (tertiary/aromatic N) is 3. The number of hydrogen-bond donors (Lipinski definition) is 0. The molecule has 0 radical (unpaired) electrons. The SMILES string of the molecule is CCc1nn(C)c(CC(=O)c2cnccc2C)c1Cl. The van der Waals surface area contributed by atoms with Gasteiger partial charge >= 0.3 is 0 Å². The summed E-state index contributed by atoms with van der Waals surface area (Å²) in [6, 6.07) is 1.83. The van der Waals surface area contributed by atoms with Crippen molar-refractivity contribution < 1.29 is 4.79 Å². The topological polar surface area (TPSA) is 47.8 Å². The van der Waals surface area contributed by atoms with Crippen molar-refractivity contribution in [2.24, 2.45) is 7.05 Å². The number of ketones is 1. The van der Waals surface area contributed by atoms with Crippen molar-refractivity contribution in [3.05, 3.63) is 46.0 Å². The Labute approximate surface area is 117 Å². The predicted molar refractivity (Wildman–Crippen MR) is 74.6 cm³/mol. The normalized spacial score (nSPS) is 10.7. The Bertz CT molecular complexity index is 619. The van der Waals surface area contributed by atoms with Gasteiger partial charge in [-0.15, -0.1) is 0 Å². The van der Waals surface area contributed by atoms with Gasteiger partial charge in [0.25, 0.3) is 0 Å². The highest BCUT2D eigenvalue weighted by Gasteiger charge is 2.18. The van der Waals surface area contributed by atoms with E-state index in [0.717, 1.165) is 23.4 Å². The molecule has 0 saturated heterocycles. The Morgan fingerprint density at radius 1 is 1.47 bits per heavy atom. The van der Waals surface area contributed by atoms with E-state index in [0.29, 0.717) is 10.6 Å². The van der Waals surface area contributed by atoms with Gasteiger partial charge in [-0.1, -0.05) is 18.5 Å². The largest absolute Gasteiger partial charge is 0.294 e. The second kappa shape index (κ2) is 5.53. The summed E-state index contributed by atoms with van der Waals surface area (Å²) in [7, 11) is 1.81. The Balaban J connectivity index is 2.30. The van der Waals surface area contributed by atoms with E-state index in [9.17, 15) is 4.79 Å². The van der Waals surface area contributed by atoms with Gasteiger partial charge in [-0.2, -0.15) is 5.10 Å². The van der Waals surface area contributed by atoms with Gasteiger partial charge in [0.2, 0.25) is 0 Å². The van der Waals surface area contributed by atoms with Crippen LogP contribution < -0.4 is 0 Å². The first-order valence-electron chi connectivity index (χ1n) is 6.18. The van der Waals surface area contributed by atoms with E-state index >= 15 is 0 Å². The summed E-state index contributed by atoms with van der Waals surface area (Å²) in [6.45, 7) is 3.89.